The number of halogens is 2. The summed E-state index contributed by atoms with van der Waals surface area (Å²) in [5.41, 5.74) is 2.02. The van der Waals surface area contributed by atoms with E-state index < -0.39 is 12.7 Å². The number of ether oxygens (including phenoxy) is 1. The smallest absolute Gasteiger partial charge is 0.387 e. The van der Waals surface area contributed by atoms with Gasteiger partial charge in [-0.25, -0.2) is 4.98 Å². The third-order valence-corrected chi connectivity index (χ3v) is 5.69. The van der Waals surface area contributed by atoms with Gasteiger partial charge in [-0.3, -0.25) is 4.79 Å². The molecule has 1 aliphatic rings. The number of phenols is 1. The van der Waals surface area contributed by atoms with Crippen LogP contribution in [0.1, 0.15) is 26.7 Å². The van der Waals surface area contributed by atoms with Crippen molar-refractivity contribution in [3.63, 3.8) is 0 Å². The number of nitrogens with one attached hydrogen (secondary N) is 1. The number of aromatic hydroxyl groups is 1. The van der Waals surface area contributed by atoms with Crippen molar-refractivity contribution >= 4 is 11.7 Å². The molecule has 1 aromatic heterocycles. The zero-order valence-electron chi connectivity index (χ0n) is 19.0. The summed E-state index contributed by atoms with van der Waals surface area (Å²) in [5.74, 6) is 0.536. The van der Waals surface area contributed by atoms with Crippen LogP contribution in [0.3, 0.4) is 0 Å². The third-order valence-electron chi connectivity index (χ3n) is 5.69. The number of alkyl halides is 2. The number of hydrogen-bond acceptors (Lipinski definition) is 5. The van der Waals surface area contributed by atoms with E-state index in [9.17, 15) is 18.7 Å². The summed E-state index contributed by atoms with van der Waals surface area (Å²) in [5, 5.41) is 13.4. The maximum atomic E-state index is 13.1. The van der Waals surface area contributed by atoms with Gasteiger partial charge in [0.15, 0.2) is 0 Å². The molecule has 2 aromatic carbocycles. The van der Waals surface area contributed by atoms with Gasteiger partial charge in [-0.2, -0.15) is 8.78 Å². The van der Waals surface area contributed by atoms with Gasteiger partial charge in [-0.1, -0.05) is 30.3 Å². The second-order valence-corrected chi connectivity index (χ2v) is 8.51. The number of rotatable bonds is 7. The predicted octanol–water partition coefficient (Wildman–Crippen LogP) is 5.22. The Labute approximate surface area is 197 Å². The molecular formula is C26H27F2N3O3. The lowest BCUT2D eigenvalue weighted by Gasteiger charge is -2.27. The third kappa shape index (κ3) is 5.11. The van der Waals surface area contributed by atoms with Crippen LogP contribution < -0.4 is 15.0 Å². The van der Waals surface area contributed by atoms with E-state index in [0.717, 1.165) is 6.42 Å². The van der Waals surface area contributed by atoms with Crippen molar-refractivity contribution in [2.24, 2.45) is 0 Å². The minimum atomic E-state index is -2.97. The van der Waals surface area contributed by atoms with Crippen LogP contribution >= 0.6 is 0 Å². The average molecular weight is 468 g/mol. The van der Waals surface area contributed by atoms with Crippen molar-refractivity contribution in [3.05, 3.63) is 60.7 Å². The van der Waals surface area contributed by atoms with Gasteiger partial charge in [0.25, 0.3) is 0 Å². The average Bonchev–Trinajstić information content (AvgIpc) is 3.29. The van der Waals surface area contributed by atoms with Gasteiger partial charge in [-0.05, 0) is 62.6 Å². The molecule has 3 aromatic rings. The molecule has 0 aliphatic carbocycles. The van der Waals surface area contributed by atoms with Crippen molar-refractivity contribution in [1.29, 1.82) is 0 Å². The maximum absolute atomic E-state index is 13.1. The standard InChI is InChI=1S/C26H27F2N3O3/c1-16(2)29-25(33)21-10-7-13-31(21)24-15-17(18-8-4-6-12-23(18)34-26(27)28)14-20(30-24)19-9-3-5-11-22(19)32/h3-6,8-9,11-12,14-16,21,26,32H,7,10,13H2,1-2H3,(H,29,33)/t21-/m0/s1. The quantitative estimate of drug-likeness (QED) is 0.499. The molecule has 4 rings (SSSR count). The number of para-hydroxylation sites is 2. The van der Waals surface area contributed by atoms with E-state index in [4.69, 9.17) is 9.72 Å². The molecule has 178 valence electrons. The molecule has 1 amide bonds. The van der Waals surface area contributed by atoms with Crippen molar-refractivity contribution in [1.82, 2.24) is 10.3 Å². The molecule has 6 nitrogen and oxygen atoms in total. The number of carbonyl (C=O) groups is 1. The number of pyridine rings is 1. The summed E-state index contributed by atoms with van der Waals surface area (Å²) in [7, 11) is 0. The van der Waals surface area contributed by atoms with E-state index in [0.29, 0.717) is 41.2 Å². The lowest BCUT2D eigenvalue weighted by molar-refractivity contribution is -0.122. The molecule has 0 spiro atoms. The lowest BCUT2D eigenvalue weighted by atomic mass is 10.0. The van der Waals surface area contributed by atoms with E-state index in [1.807, 2.05) is 18.7 Å². The Morgan fingerprint density at radius 3 is 2.53 bits per heavy atom. The van der Waals surface area contributed by atoms with Crippen molar-refractivity contribution in [2.75, 3.05) is 11.4 Å². The molecule has 1 fully saturated rings. The number of nitrogens with zero attached hydrogens (tertiary/aromatic N) is 2. The van der Waals surface area contributed by atoms with Crippen LogP contribution in [0.2, 0.25) is 0 Å². The highest BCUT2D eigenvalue weighted by Crippen LogP contribution is 2.38. The van der Waals surface area contributed by atoms with Crippen LogP contribution in [-0.4, -0.2) is 41.2 Å². The highest BCUT2D eigenvalue weighted by atomic mass is 19.3. The van der Waals surface area contributed by atoms with E-state index in [-0.39, 0.29) is 23.4 Å². The number of amides is 1. The number of benzene rings is 2. The first-order valence-corrected chi connectivity index (χ1v) is 11.2. The van der Waals surface area contributed by atoms with E-state index in [1.165, 1.54) is 6.07 Å². The second kappa shape index (κ2) is 10.1. The normalized spacial score (nSPS) is 15.7. The molecular weight excluding hydrogens is 440 g/mol. The molecule has 0 radical (unpaired) electrons. The molecule has 0 unspecified atom stereocenters. The van der Waals surface area contributed by atoms with Crippen LogP contribution in [0.4, 0.5) is 14.6 Å². The van der Waals surface area contributed by atoms with Gasteiger partial charge >= 0.3 is 6.61 Å². The molecule has 1 atom stereocenters. The van der Waals surface area contributed by atoms with Gasteiger partial charge in [-0.15, -0.1) is 0 Å². The number of aromatic nitrogens is 1. The Hall–Kier alpha value is -3.68. The fourth-order valence-corrected chi connectivity index (χ4v) is 4.24. The summed E-state index contributed by atoms with van der Waals surface area (Å²) in [6.45, 7) is 1.48. The Balaban J connectivity index is 1.84. The monoisotopic (exact) mass is 467 g/mol. The zero-order valence-corrected chi connectivity index (χ0v) is 19.0. The van der Waals surface area contributed by atoms with Crippen LogP contribution in [0, 0.1) is 0 Å². The minimum Gasteiger partial charge on any atom is -0.507 e. The second-order valence-electron chi connectivity index (χ2n) is 8.51. The SMILES string of the molecule is CC(C)NC(=O)[C@@H]1CCCN1c1cc(-c2ccccc2OC(F)F)cc(-c2ccccc2O)n1. The highest BCUT2D eigenvalue weighted by molar-refractivity contribution is 5.87. The van der Waals surface area contributed by atoms with Gasteiger partial charge < -0.3 is 20.1 Å². The molecule has 2 heterocycles. The fraction of sp³-hybridized carbons (Fsp3) is 0.308. The minimum absolute atomic E-state index is 0.00411. The van der Waals surface area contributed by atoms with Crippen molar-refractivity contribution in [2.45, 2.75) is 45.4 Å². The molecule has 34 heavy (non-hydrogen) atoms. The van der Waals surface area contributed by atoms with Gasteiger partial charge in [0.05, 0.1) is 5.69 Å². The Kier molecular flexibility index (Phi) is 6.95. The number of phenolic OH excluding ortho intramolecular Hbond substituents is 1. The Bertz CT molecular complexity index is 1170. The van der Waals surface area contributed by atoms with Crippen LogP contribution in [0.25, 0.3) is 22.4 Å². The number of hydrogen-bond donors (Lipinski definition) is 2. The summed E-state index contributed by atoms with van der Waals surface area (Å²) in [6, 6.07) is 16.4. The summed E-state index contributed by atoms with van der Waals surface area (Å²) in [6.07, 6.45) is 1.50. The Morgan fingerprint density at radius 2 is 1.82 bits per heavy atom. The van der Waals surface area contributed by atoms with Crippen LogP contribution in [0.15, 0.2) is 60.7 Å². The van der Waals surface area contributed by atoms with Gasteiger partial charge in [0.1, 0.15) is 23.4 Å². The first-order chi connectivity index (χ1) is 16.3. The first kappa shape index (κ1) is 23.5. The van der Waals surface area contributed by atoms with E-state index in [1.54, 1.807) is 54.6 Å². The summed E-state index contributed by atoms with van der Waals surface area (Å²) in [4.78, 5) is 19.6. The molecule has 1 saturated heterocycles. The molecule has 8 heteroatoms. The fourth-order valence-electron chi connectivity index (χ4n) is 4.24. The summed E-state index contributed by atoms with van der Waals surface area (Å²) < 4.78 is 30.9. The molecule has 1 aliphatic heterocycles. The van der Waals surface area contributed by atoms with E-state index in [2.05, 4.69) is 5.32 Å². The van der Waals surface area contributed by atoms with E-state index >= 15 is 0 Å². The van der Waals surface area contributed by atoms with Crippen molar-refractivity contribution in [3.8, 4) is 33.9 Å². The molecule has 2 N–H and O–H groups in total. The van der Waals surface area contributed by atoms with Gasteiger partial charge in [0, 0.05) is 23.7 Å². The number of carbonyl (C=O) groups excluding carboxylic acids is 1. The van der Waals surface area contributed by atoms with Crippen LogP contribution in [0.5, 0.6) is 11.5 Å². The predicted molar refractivity (Wildman–Crippen MR) is 127 cm³/mol. The van der Waals surface area contributed by atoms with Gasteiger partial charge in [0.2, 0.25) is 5.91 Å². The van der Waals surface area contributed by atoms with Crippen LogP contribution in [-0.2, 0) is 4.79 Å². The first-order valence-electron chi connectivity index (χ1n) is 11.2. The molecule has 0 saturated carbocycles. The Morgan fingerprint density at radius 1 is 1.12 bits per heavy atom. The largest absolute Gasteiger partial charge is 0.507 e. The topological polar surface area (TPSA) is 74.7 Å². The van der Waals surface area contributed by atoms with Crippen molar-refractivity contribution < 1.29 is 23.4 Å². The molecule has 0 bridgehead atoms. The zero-order chi connectivity index (χ0) is 24.2. The number of anilines is 1. The lowest BCUT2D eigenvalue weighted by Crippen LogP contribution is -2.45. The maximum Gasteiger partial charge on any atom is 0.387 e. The highest BCUT2D eigenvalue weighted by Gasteiger charge is 2.32. The summed E-state index contributed by atoms with van der Waals surface area (Å²) >= 11 is 0.